The van der Waals surface area contributed by atoms with Gasteiger partial charge in [0.1, 0.15) is 12.3 Å². The lowest BCUT2D eigenvalue weighted by atomic mass is 10.2. The molecular formula is C17H16N2O6. The maximum atomic E-state index is 12.0. The Bertz CT molecular complexity index is 813. The molecule has 1 aromatic carbocycles. The molecule has 0 aliphatic carbocycles. The van der Waals surface area contributed by atoms with Crippen LogP contribution in [-0.2, 0) is 21.4 Å². The normalized spacial score (nSPS) is 15.3. The molecule has 8 nitrogen and oxygen atoms in total. The Hall–Kier alpha value is -3.29. The van der Waals surface area contributed by atoms with Gasteiger partial charge in [0.25, 0.3) is 11.8 Å². The molecule has 2 amide bonds. The Balaban J connectivity index is 1.48. The predicted molar refractivity (Wildman–Crippen MR) is 85.2 cm³/mol. The number of rotatable bonds is 4. The molecule has 130 valence electrons. The number of carbonyl (C=O) groups excluding carboxylic acids is 3. The third-order valence-corrected chi connectivity index (χ3v) is 3.55. The lowest BCUT2D eigenvalue weighted by Gasteiger charge is -2.24. The number of hydrogen-bond donors (Lipinski definition) is 1. The van der Waals surface area contributed by atoms with E-state index in [4.69, 9.17) is 14.2 Å². The van der Waals surface area contributed by atoms with Crippen molar-refractivity contribution in [3.8, 4) is 11.5 Å². The lowest BCUT2D eigenvalue weighted by Crippen LogP contribution is -2.40. The van der Waals surface area contributed by atoms with Crippen LogP contribution in [-0.4, -0.2) is 41.7 Å². The van der Waals surface area contributed by atoms with Crippen LogP contribution >= 0.6 is 0 Å². The lowest BCUT2D eigenvalue weighted by molar-refractivity contribution is -0.157. The zero-order chi connectivity index (χ0) is 17.8. The van der Waals surface area contributed by atoms with Crippen LogP contribution in [0.1, 0.15) is 10.5 Å². The molecule has 1 aliphatic heterocycles. The fraction of sp³-hybridized carbons (Fsp3) is 0.235. The summed E-state index contributed by atoms with van der Waals surface area (Å²) in [7, 11) is 1.68. The van der Waals surface area contributed by atoms with Gasteiger partial charge in [-0.15, -0.1) is 0 Å². The molecule has 1 aliphatic rings. The van der Waals surface area contributed by atoms with Gasteiger partial charge in [-0.3, -0.25) is 14.9 Å². The second-order valence-electron chi connectivity index (χ2n) is 5.35. The number of nitrogens with zero attached hydrogens (tertiary/aromatic N) is 1. The zero-order valence-corrected chi connectivity index (χ0v) is 13.4. The molecule has 3 rings (SSSR count). The topological polar surface area (TPSA) is 95.9 Å². The first-order valence-corrected chi connectivity index (χ1v) is 7.55. The molecule has 1 N–H and O–H groups in total. The molecule has 0 radical (unpaired) electrons. The number of carbonyl (C=O) groups is 3. The quantitative estimate of drug-likeness (QED) is 0.819. The molecule has 1 atom stereocenters. The summed E-state index contributed by atoms with van der Waals surface area (Å²) in [6.45, 7) is -0.601. The van der Waals surface area contributed by atoms with Crippen molar-refractivity contribution in [1.82, 2.24) is 9.88 Å². The summed E-state index contributed by atoms with van der Waals surface area (Å²) in [5, 5.41) is 2.15. The first-order chi connectivity index (χ1) is 12.0. The van der Waals surface area contributed by atoms with Crippen LogP contribution < -0.4 is 14.8 Å². The number of hydrogen-bond acceptors (Lipinski definition) is 6. The van der Waals surface area contributed by atoms with Crippen molar-refractivity contribution in [2.75, 3.05) is 13.2 Å². The summed E-state index contributed by atoms with van der Waals surface area (Å²) >= 11 is 0. The van der Waals surface area contributed by atoms with Crippen molar-refractivity contribution in [3.63, 3.8) is 0 Å². The Morgan fingerprint density at radius 2 is 1.96 bits per heavy atom. The molecule has 0 saturated carbocycles. The monoisotopic (exact) mass is 344 g/mol. The van der Waals surface area contributed by atoms with Gasteiger partial charge in [-0.1, -0.05) is 12.1 Å². The van der Waals surface area contributed by atoms with Gasteiger partial charge in [0.2, 0.25) is 6.10 Å². The van der Waals surface area contributed by atoms with Gasteiger partial charge in [0.05, 0.1) is 0 Å². The fourth-order valence-electron chi connectivity index (χ4n) is 2.29. The molecule has 0 spiro atoms. The summed E-state index contributed by atoms with van der Waals surface area (Å²) < 4.78 is 17.3. The van der Waals surface area contributed by atoms with E-state index >= 15 is 0 Å². The Morgan fingerprint density at radius 1 is 1.20 bits per heavy atom. The van der Waals surface area contributed by atoms with Crippen molar-refractivity contribution < 1.29 is 28.6 Å². The number of esters is 1. The highest BCUT2D eigenvalue weighted by molar-refractivity contribution is 6.04. The van der Waals surface area contributed by atoms with E-state index in [2.05, 4.69) is 5.32 Å². The number of benzene rings is 1. The maximum Gasteiger partial charge on any atom is 0.351 e. The molecule has 25 heavy (non-hydrogen) atoms. The number of aryl methyl sites for hydroxylation is 1. The highest BCUT2D eigenvalue weighted by atomic mass is 16.6. The largest absolute Gasteiger partial charge is 0.485 e. The van der Waals surface area contributed by atoms with E-state index in [-0.39, 0.29) is 6.61 Å². The van der Waals surface area contributed by atoms with E-state index in [1.807, 2.05) is 0 Å². The van der Waals surface area contributed by atoms with Crippen molar-refractivity contribution in [2.24, 2.45) is 7.05 Å². The van der Waals surface area contributed by atoms with Crippen molar-refractivity contribution >= 4 is 17.8 Å². The number of imide groups is 1. The minimum Gasteiger partial charge on any atom is -0.485 e. The van der Waals surface area contributed by atoms with Crippen LogP contribution in [0.5, 0.6) is 11.5 Å². The number of aromatic nitrogens is 1. The fourth-order valence-corrected chi connectivity index (χ4v) is 2.29. The smallest absolute Gasteiger partial charge is 0.351 e. The molecule has 0 fully saturated rings. The Morgan fingerprint density at radius 3 is 2.68 bits per heavy atom. The van der Waals surface area contributed by atoms with Crippen molar-refractivity contribution in [2.45, 2.75) is 6.10 Å². The average molecular weight is 344 g/mol. The zero-order valence-electron chi connectivity index (χ0n) is 13.4. The van der Waals surface area contributed by atoms with E-state index in [1.54, 1.807) is 54.2 Å². The van der Waals surface area contributed by atoms with E-state index in [9.17, 15) is 14.4 Å². The molecule has 2 aromatic rings. The van der Waals surface area contributed by atoms with Crippen LogP contribution in [0, 0.1) is 0 Å². The van der Waals surface area contributed by atoms with Crippen LogP contribution in [0.25, 0.3) is 0 Å². The molecule has 0 saturated heterocycles. The van der Waals surface area contributed by atoms with Crippen molar-refractivity contribution in [1.29, 1.82) is 0 Å². The molecule has 8 heteroatoms. The average Bonchev–Trinajstić information content (AvgIpc) is 3.05. The minimum absolute atomic E-state index is 0.0141. The van der Waals surface area contributed by atoms with E-state index in [1.165, 1.54) is 0 Å². The Kier molecular flexibility index (Phi) is 4.69. The first-order valence-electron chi connectivity index (χ1n) is 7.55. The maximum absolute atomic E-state index is 12.0. The highest BCUT2D eigenvalue weighted by Gasteiger charge is 2.29. The number of ether oxygens (including phenoxy) is 3. The second-order valence-corrected chi connectivity index (χ2v) is 5.35. The van der Waals surface area contributed by atoms with Crippen LogP contribution in [0.4, 0.5) is 0 Å². The first kappa shape index (κ1) is 16.6. The van der Waals surface area contributed by atoms with Gasteiger partial charge in [-0.05, 0) is 24.3 Å². The second kappa shape index (κ2) is 7.08. The summed E-state index contributed by atoms with van der Waals surface area (Å²) in [5.41, 5.74) is 0.320. The number of para-hydroxylation sites is 2. The summed E-state index contributed by atoms with van der Waals surface area (Å²) in [5.74, 6) is -1.07. The molecule has 0 bridgehead atoms. The van der Waals surface area contributed by atoms with E-state index in [0.29, 0.717) is 17.2 Å². The minimum atomic E-state index is -0.966. The third-order valence-electron chi connectivity index (χ3n) is 3.55. The van der Waals surface area contributed by atoms with Gasteiger partial charge in [-0.2, -0.15) is 0 Å². The summed E-state index contributed by atoms with van der Waals surface area (Å²) in [6, 6.07) is 10.2. The van der Waals surface area contributed by atoms with Gasteiger partial charge in [0.15, 0.2) is 18.1 Å². The standard InChI is InChI=1S/C17H16N2O6/c1-19-8-4-5-11(19)16(21)18-15(20)10-24-17(22)14-9-23-12-6-2-3-7-13(12)25-14/h2-8,14H,9-10H2,1H3,(H,18,20,21). The predicted octanol–water partition coefficient (Wildman–Crippen LogP) is 0.665. The molecule has 2 heterocycles. The van der Waals surface area contributed by atoms with E-state index < -0.39 is 30.5 Å². The molecule has 1 unspecified atom stereocenters. The van der Waals surface area contributed by atoms with Crippen molar-refractivity contribution in [3.05, 3.63) is 48.3 Å². The highest BCUT2D eigenvalue weighted by Crippen LogP contribution is 2.31. The Labute approximate surface area is 143 Å². The number of nitrogens with one attached hydrogen (secondary N) is 1. The number of fused-ring (bicyclic) bond motifs is 1. The van der Waals surface area contributed by atoms with Gasteiger partial charge in [0, 0.05) is 13.2 Å². The molecule has 1 aromatic heterocycles. The van der Waals surface area contributed by atoms with Gasteiger partial charge in [-0.25, -0.2) is 4.79 Å². The van der Waals surface area contributed by atoms with Gasteiger partial charge >= 0.3 is 5.97 Å². The molecular weight excluding hydrogens is 328 g/mol. The van der Waals surface area contributed by atoms with E-state index in [0.717, 1.165) is 0 Å². The third kappa shape index (κ3) is 3.79. The number of amides is 2. The van der Waals surface area contributed by atoms with Crippen LogP contribution in [0.15, 0.2) is 42.6 Å². The SMILES string of the molecule is Cn1cccc1C(=O)NC(=O)COC(=O)C1COc2ccccc2O1. The van der Waals surface area contributed by atoms with Crippen LogP contribution in [0.3, 0.4) is 0 Å². The summed E-state index contributed by atoms with van der Waals surface area (Å²) in [4.78, 5) is 35.6. The van der Waals surface area contributed by atoms with Crippen LogP contribution in [0.2, 0.25) is 0 Å². The van der Waals surface area contributed by atoms with Gasteiger partial charge < -0.3 is 18.8 Å². The summed E-state index contributed by atoms with van der Waals surface area (Å²) in [6.07, 6.45) is 0.712.